The molecule has 10 heteroatoms. The average molecular weight is 485 g/mol. The molecule has 3 rings (SSSR count). The number of rotatable bonds is 5. The van der Waals surface area contributed by atoms with Crippen molar-refractivity contribution in [1.82, 2.24) is 9.55 Å². The summed E-state index contributed by atoms with van der Waals surface area (Å²) in [6, 6.07) is 0. The van der Waals surface area contributed by atoms with E-state index in [4.69, 9.17) is 17.7 Å². The number of nitrogens with one attached hydrogen (secondary N) is 1. The SMILES string of the molecule is CC(C)[Si]1(C(C)C)OC[C@H]2O[C@@H](c3cn(C)c(=O)[nH]c3=O)C[C@@H]2O[Si](C(C)C)(C(C)C)O1. The maximum Gasteiger partial charge on any atom is 0.335 e. The molecule has 3 heterocycles. The lowest BCUT2D eigenvalue weighted by molar-refractivity contribution is -0.0389. The van der Waals surface area contributed by atoms with Gasteiger partial charge in [-0.25, -0.2) is 4.79 Å². The Kier molecular flexibility index (Phi) is 7.44. The van der Waals surface area contributed by atoms with E-state index in [0.717, 1.165) is 0 Å². The van der Waals surface area contributed by atoms with Crippen LogP contribution in [0.25, 0.3) is 0 Å². The lowest BCUT2D eigenvalue weighted by Gasteiger charge is -2.51. The molecule has 0 unspecified atom stereocenters. The van der Waals surface area contributed by atoms with Crippen LogP contribution in [-0.4, -0.2) is 45.5 Å². The maximum atomic E-state index is 12.5. The number of hydrogen-bond acceptors (Lipinski definition) is 6. The van der Waals surface area contributed by atoms with Crippen LogP contribution in [0.1, 0.15) is 73.5 Å². The van der Waals surface area contributed by atoms with Crippen LogP contribution in [-0.2, 0) is 24.8 Å². The van der Waals surface area contributed by atoms with Crippen LogP contribution in [0.5, 0.6) is 0 Å². The monoisotopic (exact) mass is 484 g/mol. The van der Waals surface area contributed by atoms with E-state index in [1.807, 2.05) is 0 Å². The summed E-state index contributed by atoms with van der Waals surface area (Å²) in [7, 11) is -3.72. The minimum absolute atomic E-state index is 0.223. The van der Waals surface area contributed by atoms with Gasteiger partial charge >= 0.3 is 22.8 Å². The number of aromatic nitrogens is 2. The molecule has 2 aliphatic heterocycles. The number of fused-ring (bicyclic) bond motifs is 1. The Morgan fingerprint density at radius 2 is 1.50 bits per heavy atom. The molecule has 0 amide bonds. The Balaban J connectivity index is 2.04. The van der Waals surface area contributed by atoms with Crippen LogP contribution in [0.4, 0.5) is 0 Å². The molecule has 32 heavy (non-hydrogen) atoms. The Labute approximate surface area is 193 Å². The lowest BCUT2D eigenvalue weighted by atomic mass is 10.1. The van der Waals surface area contributed by atoms with Gasteiger partial charge in [-0.2, -0.15) is 0 Å². The van der Waals surface area contributed by atoms with Crippen molar-refractivity contribution in [2.75, 3.05) is 6.61 Å². The Hall–Kier alpha value is -1.05. The molecular formula is C22H40N2O6Si2. The highest BCUT2D eigenvalue weighted by Crippen LogP contribution is 2.48. The summed E-state index contributed by atoms with van der Waals surface area (Å²) in [5.74, 6) is 0. The van der Waals surface area contributed by atoms with Crippen molar-refractivity contribution in [2.45, 2.75) is 102 Å². The number of aromatic amines is 1. The zero-order valence-corrected chi connectivity index (χ0v) is 22.9. The fourth-order valence-corrected chi connectivity index (χ4v) is 16.4. The number of ether oxygens (including phenoxy) is 1. The molecule has 0 saturated carbocycles. The van der Waals surface area contributed by atoms with Gasteiger partial charge in [-0.3, -0.25) is 9.78 Å². The van der Waals surface area contributed by atoms with Crippen molar-refractivity contribution < 1.29 is 17.7 Å². The molecule has 3 atom stereocenters. The van der Waals surface area contributed by atoms with E-state index in [2.05, 4.69) is 60.4 Å². The topological polar surface area (TPSA) is 91.8 Å². The van der Waals surface area contributed by atoms with Gasteiger partial charge < -0.3 is 22.3 Å². The molecule has 182 valence electrons. The van der Waals surface area contributed by atoms with Crippen molar-refractivity contribution in [3.8, 4) is 0 Å². The van der Waals surface area contributed by atoms with Crippen LogP contribution in [0.3, 0.4) is 0 Å². The van der Waals surface area contributed by atoms with Gasteiger partial charge in [0, 0.05) is 19.7 Å². The van der Waals surface area contributed by atoms with Crippen molar-refractivity contribution in [1.29, 1.82) is 0 Å². The van der Waals surface area contributed by atoms with E-state index < -0.39 is 34.5 Å². The van der Waals surface area contributed by atoms with Gasteiger partial charge in [-0.15, -0.1) is 0 Å². The van der Waals surface area contributed by atoms with E-state index in [1.165, 1.54) is 4.57 Å². The van der Waals surface area contributed by atoms with Gasteiger partial charge in [0.05, 0.1) is 24.4 Å². The summed E-state index contributed by atoms with van der Waals surface area (Å²) in [4.78, 5) is 26.7. The van der Waals surface area contributed by atoms with Crippen molar-refractivity contribution >= 4 is 17.1 Å². The first-order chi connectivity index (χ1) is 14.8. The highest BCUT2D eigenvalue weighted by Gasteiger charge is 2.60. The summed E-state index contributed by atoms with van der Waals surface area (Å²) in [5, 5.41) is 0. The fraction of sp³-hybridized carbons (Fsp3) is 0.818. The van der Waals surface area contributed by atoms with Gasteiger partial charge in [0.15, 0.2) is 0 Å². The number of H-pyrrole nitrogens is 1. The van der Waals surface area contributed by atoms with Crippen LogP contribution >= 0.6 is 0 Å². The van der Waals surface area contributed by atoms with E-state index in [1.54, 1.807) is 13.2 Å². The predicted molar refractivity (Wildman–Crippen MR) is 128 cm³/mol. The highest BCUT2D eigenvalue weighted by atomic mass is 28.5. The molecule has 1 aromatic rings. The second-order valence-electron chi connectivity index (χ2n) is 10.5. The van der Waals surface area contributed by atoms with Crippen LogP contribution in [0, 0.1) is 0 Å². The Morgan fingerprint density at radius 3 is 2.03 bits per heavy atom. The first kappa shape index (κ1) is 25.6. The summed E-state index contributed by atoms with van der Waals surface area (Å²) in [6.07, 6.45) is 1.14. The molecule has 0 aromatic carbocycles. The third kappa shape index (κ3) is 4.37. The molecule has 0 radical (unpaired) electrons. The maximum absolute atomic E-state index is 12.5. The smallest absolute Gasteiger partial charge is 0.335 e. The van der Waals surface area contributed by atoms with Gasteiger partial charge in [-0.1, -0.05) is 55.4 Å². The third-order valence-electron chi connectivity index (χ3n) is 7.03. The first-order valence-corrected chi connectivity index (χ1v) is 15.8. The standard InChI is InChI=1S/C22H40N2O6Si2/c1-13(2)31(14(3)4)27-12-20-19(29-32(30-31,15(5)6)16(7)8)10-18(28-20)17-11-24(9)22(26)23-21(17)25/h11,13-16,18-20H,10,12H2,1-9H3,(H,23,25,26)/t18-,19+,20-/m1/s1. The Morgan fingerprint density at radius 1 is 0.938 bits per heavy atom. The van der Waals surface area contributed by atoms with E-state index in [9.17, 15) is 9.59 Å². The molecule has 0 bridgehead atoms. The molecule has 0 aliphatic carbocycles. The second kappa shape index (κ2) is 9.30. The van der Waals surface area contributed by atoms with Gasteiger partial charge in [0.1, 0.15) is 6.10 Å². The van der Waals surface area contributed by atoms with Crippen LogP contribution in [0.15, 0.2) is 15.8 Å². The Bertz CT molecular complexity index is 910. The predicted octanol–water partition coefficient (Wildman–Crippen LogP) is 3.86. The summed E-state index contributed by atoms with van der Waals surface area (Å²) >= 11 is 0. The summed E-state index contributed by atoms with van der Waals surface area (Å²) < 4.78 is 28.6. The minimum Gasteiger partial charge on any atom is -0.414 e. The number of hydrogen-bond donors (Lipinski definition) is 1. The fourth-order valence-electron chi connectivity index (χ4n) is 5.16. The molecule has 1 N–H and O–H groups in total. The van der Waals surface area contributed by atoms with Crippen LogP contribution in [0.2, 0.25) is 22.2 Å². The van der Waals surface area contributed by atoms with Gasteiger partial charge in [-0.05, 0) is 22.2 Å². The summed E-state index contributed by atoms with van der Waals surface area (Å²) in [5.41, 5.74) is 0.580. The van der Waals surface area contributed by atoms with Gasteiger partial charge in [0.2, 0.25) is 0 Å². The zero-order valence-electron chi connectivity index (χ0n) is 20.9. The third-order valence-corrected chi connectivity index (χ3v) is 17.3. The number of aryl methyl sites for hydroxylation is 1. The quantitative estimate of drug-likeness (QED) is 0.638. The van der Waals surface area contributed by atoms with E-state index in [0.29, 0.717) is 18.6 Å². The molecular weight excluding hydrogens is 444 g/mol. The molecule has 2 saturated heterocycles. The van der Waals surface area contributed by atoms with Gasteiger partial charge in [0.25, 0.3) is 5.56 Å². The molecule has 2 aliphatic rings. The number of nitrogens with zero attached hydrogens (tertiary/aromatic N) is 1. The lowest BCUT2D eigenvalue weighted by Crippen LogP contribution is -2.65. The average Bonchev–Trinajstić information content (AvgIpc) is 3.05. The van der Waals surface area contributed by atoms with Crippen molar-refractivity contribution in [3.63, 3.8) is 0 Å². The minimum atomic E-state index is -2.72. The molecule has 0 spiro atoms. The highest BCUT2D eigenvalue weighted by molar-refractivity contribution is 6.83. The molecule has 1 aromatic heterocycles. The zero-order chi connectivity index (χ0) is 24.0. The van der Waals surface area contributed by atoms with E-state index in [-0.39, 0.29) is 34.4 Å². The van der Waals surface area contributed by atoms with E-state index >= 15 is 0 Å². The normalized spacial score (nSPS) is 27.7. The largest absolute Gasteiger partial charge is 0.414 e. The van der Waals surface area contributed by atoms with Crippen molar-refractivity contribution in [2.24, 2.45) is 7.05 Å². The molecule has 2 fully saturated rings. The first-order valence-electron chi connectivity index (χ1n) is 11.8. The van der Waals surface area contributed by atoms with Crippen molar-refractivity contribution in [3.05, 3.63) is 32.6 Å². The van der Waals surface area contributed by atoms with Crippen LogP contribution < -0.4 is 11.2 Å². The second-order valence-corrected chi connectivity index (χ2v) is 19.3. The summed E-state index contributed by atoms with van der Waals surface area (Å²) in [6.45, 7) is 17.9. The molecule has 8 nitrogen and oxygen atoms in total.